The van der Waals surface area contributed by atoms with Crippen molar-refractivity contribution in [1.82, 2.24) is 20.3 Å². The lowest BCUT2D eigenvalue weighted by Crippen LogP contribution is -2.23. The van der Waals surface area contributed by atoms with Crippen LogP contribution < -0.4 is 10.6 Å². The summed E-state index contributed by atoms with van der Waals surface area (Å²) >= 11 is 1.50. The lowest BCUT2D eigenvalue weighted by atomic mass is 10.1. The highest BCUT2D eigenvalue weighted by Crippen LogP contribution is 2.31. The second kappa shape index (κ2) is 8.85. The van der Waals surface area contributed by atoms with Gasteiger partial charge in [-0.15, -0.1) is 11.3 Å². The van der Waals surface area contributed by atoms with E-state index in [0.29, 0.717) is 18.8 Å². The van der Waals surface area contributed by atoms with Gasteiger partial charge in [-0.25, -0.2) is 15.0 Å². The molecule has 1 aromatic carbocycles. The number of benzene rings is 1. The van der Waals surface area contributed by atoms with Crippen molar-refractivity contribution < 1.29 is 18.3 Å². The molecule has 3 N–H and O–H groups in total. The second-order valence-corrected chi connectivity index (χ2v) is 7.69. The van der Waals surface area contributed by atoms with E-state index in [2.05, 4.69) is 25.6 Å². The Balaban J connectivity index is 1.78. The van der Waals surface area contributed by atoms with Crippen LogP contribution in [0.3, 0.4) is 0 Å². The second-order valence-electron chi connectivity index (χ2n) is 6.57. The van der Waals surface area contributed by atoms with Crippen molar-refractivity contribution in [3.05, 3.63) is 52.9 Å². The van der Waals surface area contributed by atoms with Gasteiger partial charge in [0.05, 0.1) is 11.0 Å². The largest absolute Gasteiger partial charge is 0.433 e. The summed E-state index contributed by atoms with van der Waals surface area (Å²) in [7, 11) is 0. The molecule has 0 radical (unpaired) electrons. The van der Waals surface area contributed by atoms with E-state index in [0.717, 1.165) is 33.3 Å². The summed E-state index contributed by atoms with van der Waals surface area (Å²) < 4.78 is 38.5. The molecule has 154 valence electrons. The minimum Gasteiger partial charge on any atom is -0.392 e. The van der Waals surface area contributed by atoms with E-state index in [-0.39, 0.29) is 5.95 Å². The van der Waals surface area contributed by atoms with Crippen LogP contribution in [0, 0.1) is 6.92 Å². The maximum absolute atomic E-state index is 12.8. The number of nitrogens with zero attached hydrogens (tertiary/aromatic N) is 3. The number of aliphatic hydroxyl groups is 1. The number of rotatable bonds is 7. The monoisotopic (exact) mass is 423 g/mol. The van der Waals surface area contributed by atoms with E-state index in [1.807, 2.05) is 19.1 Å². The summed E-state index contributed by atoms with van der Waals surface area (Å²) in [5.74, 6) is -0.122. The highest BCUT2D eigenvalue weighted by molar-refractivity contribution is 7.15. The molecule has 0 bridgehead atoms. The van der Waals surface area contributed by atoms with E-state index >= 15 is 0 Å². The number of hydrogen-bond donors (Lipinski definition) is 3. The molecular formula is C19H20F3N5OS. The van der Waals surface area contributed by atoms with Crippen molar-refractivity contribution in [3.63, 3.8) is 0 Å². The molecule has 0 saturated carbocycles. The molecule has 0 spiro atoms. The van der Waals surface area contributed by atoms with Gasteiger partial charge >= 0.3 is 6.18 Å². The summed E-state index contributed by atoms with van der Waals surface area (Å²) in [6.45, 7) is 4.62. The summed E-state index contributed by atoms with van der Waals surface area (Å²) in [4.78, 5) is 12.7. The Hall–Kier alpha value is -2.56. The lowest BCUT2D eigenvalue weighted by molar-refractivity contribution is -0.141. The zero-order valence-electron chi connectivity index (χ0n) is 15.8. The van der Waals surface area contributed by atoms with Gasteiger partial charge < -0.3 is 15.7 Å². The third-order valence-electron chi connectivity index (χ3n) is 3.83. The van der Waals surface area contributed by atoms with Gasteiger partial charge in [0.1, 0.15) is 10.7 Å². The van der Waals surface area contributed by atoms with E-state index in [9.17, 15) is 18.3 Å². The lowest BCUT2D eigenvalue weighted by Gasteiger charge is -2.10. The van der Waals surface area contributed by atoms with Crippen molar-refractivity contribution in [3.8, 4) is 10.4 Å². The first-order valence-electron chi connectivity index (χ1n) is 8.83. The quantitative estimate of drug-likeness (QED) is 0.530. The molecule has 3 aromatic rings. The molecular weight excluding hydrogens is 403 g/mol. The zero-order chi connectivity index (χ0) is 21.0. The van der Waals surface area contributed by atoms with Gasteiger partial charge in [0.25, 0.3) is 0 Å². The molecule has 0 aliphatic rings. The fourth-order valence-electron chi connectivity index (χ4n) is 2.62. The molecule has 0 fully saturated rings. The fraction of sp³-hybridized carbons (Fsp3) is 0.316. The van der Waals surface area contributed by atoms with E-state index in [1.165, 1.54) is 11.3 Å². The van der Waals surface area contributed by atoms with Gasteiger partial charge in [-0.05, 0) is 43.2 Å². The molecule has 10 heteroatoms. The van der Waals surface area contributed by atoms with Crippen LogP contribution in [0.5, 0.6) is 0 Å². The SMILES string of the molecule is Cc1cc(Nc2nccc(C(F)(F)F)n2)cc(-c2cnc(CNCC(C)O)s2)c1. The number of aromatic nitrogens is 3. The van der Waals surface area contributed by atoms with Crippen LogP contribution in [0.1, 0.15) is 23.2 Å². The molecule has 1 unspecified atom stereocenters. The summed E-state index contributed by atoms with van der Waals surface area (Å²) in [5.41, 5.74) is 1.40. The average Bonchev–Trinajstić information content (AvgIpc) is 3.09. The maximum atomic E-state index is 12.8. The predicted molar refractivity (Wildman–Crippen MR) is 106 cm³/mol. The zero-order valence-corrected chi connectivity index (χ0v) is 16.6. The Morgan fingerprint density at radius 1 is 1.21 bits per heavy atom. The van der Waals surface area contributed by atoms with Crippen molar-refractivity contribution in [1.29, 1.82) is 0 Å². The fourth-order valence-corrected chi connectivity index (χ4v) is 3.49. The van der Waals surface area contributed by atoms with Gasteiger partial charge in [-0.1, -0.05) is 6.07 Å². The van der Waals surface area contributed by atoms with E-state index in [1.54, 1.807) is 19.2 Å². The van der Waals surface area contributed by atoms with Crippen LogP contribution in [0.25, 0.3) is 10.4 Å². The molecule has 1 atom stereocenters. The van der Waals surface area contributed by atoms with Gasteiger partial charge in [-0.2, -0.15) is 13.2 Å². The average molecular weight is 423 g/mol. The molecule has 0 amide bonds. The number of thiazole rings is 1. The number of anilines is 2. The standard InChI is InChI=1S/C19H20F3N5OS/c1-11-5-13(15-9-25-17(29-15)10-23-8-12(2)28)7-14(6-11)26-18-24-4-3-16(27-18)19(20,21)22/h3-7,9,12,23,28H,8,10H2,1-2H3,(H,24,26,27). The molecule has 0 aliphatic heterocycles. The van der Waals surface area contributed by atoms with Crippen molar-refractivity contribution in [2.45, 2.75) is 32.7 Å². The highest BCUT2D eigenvalue weighted by Gasteiger charge is 2.32. The minimum absolute atomic E-state index is 0.122. The Labute approximate surface area is 169 Å². The van der Waals surface area contributed by atoms with Crippen molar-refractivity contribution >= 4 is 23.0 Å². The smallest absolute Gasteiger partial charge is 0.392 e. The summed E-state index contributed by atoms with van der Waals surface area (Å²) in [5, 5.41) is 16.1. The molecule has 2 aromatic heterocycles. The third-order valence-corrected chi connectivity index (χ3v) is 4.88. The molecule has 0 saturated heterocycles. The molecule has 3 rings (SSSR count). The van der Waals surface area contributed by atoms with Gasteiger partial charge in [-0.3, -0.25) is 0 Å². The van der Waals surface area contributed by atoms with Crippen LogP contribution in [-0.4, -0.2) is 32.7 Å². The van der Waals surface area contributed by atoms with Crippen molar-refractivity contribution in [2.75, 3.05) is 11.9 Å². The molecule has 2 heterocycles. The van der Waals surface area contributed by atoms with Crippen LogP contribution in [0.2, 0.25) is 0 Å². The summed E-state index contributed by atoms with van der Waals surface area (Å²) in [6, 6.07) is 6.42. The van der Waals surface area contributed by atoms with Gasteiger partial charge in [0.2, 0.25) is 5.95 Å². The van der Waals surface area contributed by atoms with Crippen molar-refractivity contribution in [2.24, 2.45) is 0 Å². The maximum Gasteiger partial charge on any atom is 0.433 e. The number of aryl methyl sites for hydroxylation is 1. The first-order chi connectivity index (χ1) is 13.7. The number of aliphatic hydroxyl groups excluding tert-OH is 1. The molecule has 6 nitrogen and oxygen atoms in total. The Bertz CT molecular complexity index is 974. The summed E-state index contributed by atoms with van der Waals surface area (Å²) in [6.07, 6.45) is -2.13. The minimum atomic E-state index is -4.53. The van der Waals surface area contributed by atoms with Crippen LogP contribution in [0.4, 0.5) is 24.8 Å². The number of hydrogen-bond acceptors (Lipinski definition) is 7. The Morgan fingerprint density at radius 2 is 2.00 bits per heavy atom. The number of nitrogens with one attached hydrogen (secondary N) is 2. The highest BCUT2D eigenvalue weighted by atomic mass is 32.1. The predicted octanol–water partition coefficient (Wildman–Crippen LogP) is 4.14. The first kappa shape index (κ1) is 21.2. The first-order valence-corrected chi connectivity index (χ1v) is 9.65. The topological polar surface area (TPSA) is 83.0 Å². The van der Waals surface area contributed by atoms with Crippen LogP contribution in [-0.2, 0) is 12.7 Å². The van der Waals surface area contributed by atoms with E-state index in [4.69, 9.17) is 0 Å². The van der Waals surface area contributed by atoms with E-state index < -0.39 is 18.0 Å². The van der Waals surface area contributed by atoms with Gasteiger partial charge in [0.15, 0.2) is 0 Å². The Kier molecular flexibility index (Phi) is 6.46. The van der Waals surface area contributed by atoms with Gasteiger partial charge in [0, 0.05) is 31.2 Å². The number of alkyl halides is 3. The van der Waals surface area contributed by atoms with Crippen LogP contribution >= 0.6 is 11.3 Å². The Morgan fingerprint density at radius 3 is 2.72 bits per heavy atom. The number of halogens is 3. The van der Waals surface area contributed by atoms with Crippen LogP contribution in [0.15, 0.2) is 36.7 Å². The third kappa shape index (κ3) is 5.96. The molecule has 29 heavy (non-hydrogen) atoms. The molecule has 0 aliphatic carbocycles. The normalized spacial score (nSPS) is 12.8.